The molecule has 0 heterocycles. The van der Waals surface area contributed by atoms with Gasteiger partial charge in [0.25, 0.3) is 0 Å². The summed E-state index contributed by atoms with van der Waals surface area (Å²) < 4.78 is 10.1. The Morgan fingerprint density at radius 3 is 1.42 bits per heavy atom. The molecule has 0 aliphatic carbocycles. The van der Waals surface area contributed by atoms with Crippen LogP contribution in [0.3, 0.4) is 0 Å². The Balaban J connectivity index is -0.000000206. The van der Waals surface area contributed by atoms with E-state index in [1.807, 2.05) is 0 Å². The van der Waals surface area contributed by atoms with Crippen molar-refractivity contribution in [2.75, 3.05) is 13.1 Å². The molecule has 0 aromatic carbocycles. The minimum atomic E-state index is -2.28. The van der Waals surface area contributed by atoms with Gasteiger partial charge in [0.05, 0.1) is 0 Å². The Bertz CT molecular complexity index is 121. The Hall–Kier alpha value is -0.285. The van der Waals surface area contributed by atoms with E-state index in [0.717, 1.165) is 13.1 Å². The van der Waals surface area contributed by atoms with Crippen LogP contribution in [-0.2, 0) is 4.86 Å². The molecule has 0 unspecified atom stereocenters. The fourth-order valence-electron chi connectivity index (χ4n) is 0.954. The summed E-state index contributed by atoms with van der Waals surface area (Å²) in [6.07, 6.45) is 7.50. The van der Waals surface area contributed by atoms with Gasteiger partial charge in [0, 0.05) is 13.1 Å². The molecule has 19 heavy (non-hydrogen) atoms. The Kier molecular flexibility index (Phi) is 32.9. The van der Waals surface area contributed by atoms with Crippen LogP contribution in [-0.4, -0.2) is 30.5 Å². The second-order valence-corrected chi connectivity index (χ2v) is 3.74. The van der Waals surface area contributed by atoms with Crippen molar-refractivity contribution in [3.63, 3.8) is 0 Å². The van der Waals surface area contributed by atoms with Gasteiger partial charge in [-0.25, -0.2) is 0 Å². The number of hydrogen-bond acceptors (Lipinski definition) is 7. The molecule has 0 saturated carbocycles. The highest BCUT2D eigenvalue weighted by molar-refractivity contribution is 6.32. The fraction of sp³-hybridized carbons (Fsp3) is 1.00. The third-order valence-electron chi connectivity index (χ3n) is 1.93. The van der Waals surface area contributed by atoms with Gasteiger partial charge >= 0.3 is 7.32 Å². The standard InChI is InChI=1S/2C5H14N2.BFH2O3/c2*1-2-3-4-5-7-6;2-5-1(3)4/h2*7H,2-6H2,1H3;3-4H. The van der Waals surface area contributed by atoms with Crippen LogP contribution in [0.25, 0.3) is 0 Å². The SMILES string of the molecule is CCCCCNN.CCCCCNN.OB(O)OF. The lowest BCUT2D eigenvalue weighted by Gasteiger charge is -1.93. The zero-order valence-corrected chi connectivity index (χ0v) is 12.1. The first-order chi connectivity index (χ1) is 9.10. The highest BCUT2D eigenvalue weighted by Gasteiger charge is 2.05. The Labute approximate surface area is 115 Å². The van der Waals surface area contributed by atoms with E-state index in [2.05, 4.69) is 29.6 Å². The van der Waals surface area contributed by atoms with Crippen molar-refractivity contribution in [3.05, 3.63) is 0 Å². The van der Waals surface area contributed by atoms with Crippen molar-refractivity contribution in [2.24, 2.45) is 11.7 Å². The predicted octanol–water partition coefficient (Wildman–Crippen LogP) is 0.137. The van der Waals surface area contributed by atoms with Gasteiger partial charge in [0.15, 0.2) is 0 Å². The lowest BCUT2D eigenvalue weighted by Crippen LogP contribution is -2.22. The molecule has 7 nitrogen and oxygen atoms in total. The number of nitrogens with one attached hydrogen (secondary N) is 2. The lowest BCUT2D eigenvalue weighted by molar-refractivity contribution is -0.0560. The van der Waals surface area contributed by atoms with Crippen molar-refractivity contribution < 1.29 is 19.4 Å². The first-order valence-corrected chi connectivity index (χ1v) is 6.61. The minimum Gasteiger partial charge on any atom is -0.400 e. The van der Waals surface area contributed by atoms with Crippen LogP contribution in [0.15, 0.2) is 0 Å². The van der Waals surface area contributed by atoms with E-state index in [0.29, 0.717) is 0 Å². The molecular formula is C10H30BFN4O3. The van der Waals surface area contributed by atoms with Gasteiger partial charge in [-0.3, -0.25) is 22.5 Å². The van der Waals surface area contributed by atoms with E-state index in [4.69, 9.17) is 21.7 Å². The average Bonchev–Trinajstić information content (AvgIpc) is 2.41. The molecule has 118 valence electrons. The summed E-state index contributed by atoms with van der Waals surface area (Å²) in [5.74, 6) is 10.0. The molecule has 0 fully saturated rings. The van der Waals surface area contributed by atoms with E-state index in [9.17, 15) is 4.53 Å². The molecular weight excluding hydrogens is 254 g/mol. The zero-order valence-electron chi connectivity index (χ0n) is 12.1. The fourth-order valence-corrected chi connectivity index (χ4v) is 0.954. The number of hydrogen-bond donors (Lipinski definition) is 6. The molecule has 0 atom stereocenters. The number of rotatable bonds is 9. The van der Waals surface area contributed by atoms with Crippen LogP contribution in [0.1, 0.15) is 52.4 Å². The monoisotopic (exact) mass is 284 g/mol. The maximum atomic E-state index is 10.1. The molecule has 0 aromatic rings. The van der Waals surface area contributed by atoms with Crippen LogP contribution in [0.2, 0.25) is 0 Å². The minimum absolute atomic E-state index is 0.952. The van der Waals surface area contributed by atoms with Crippen molar-refractivity contribution in [3.8, 4) is 0 Å². The van der Waals surface area contributed by atoms with E-state index in [1.54, 1.807) is 0 Å². The first-order valence-electron chi connectivity index (χ1n) is 6.61. The van der Waals surface area contributed by atoms with Gasteiger partial charge < -0.3 is 10.0 Å². The highest BCUT2D eigenvalue weighted by Crippen LogP contribution is 1.89. The van der Waals surface area contributed by atoms with Crippen LogP contribution in [0.5, 0.6) is 0 Å². The zero-order chi connectivity index (χ0) is 15.4. The quantitative estimate of drug-likeness (QED) is 0.154. The second-order valence-electron chi connectivity index (χ2n) is 3.74. The van der Waals surface area contributed by atoms with Gasteiger partial charge in [-0.1, -0.05) is 44.1 Å². The van der Waals surface area contributed by atoms with E-state index in [-0.39, 0.29) is 0 Å². The number of hydrazine groups is 2. The van der Waals surface area contributed by atoms with Gasteiger partial charge in [0.2, 0.25) is 0 Å². The molecule has 0 saturated heterocycles. The molecule has 8 N–H and O–H groups in total. The first kappa shape index (κ1) is 23.8. The Morgan fingerprint density at radius 2 is 1.26 bits per heavy atom. The molecule has 0 bridgehead atoms. The molecule has 0 amide bonds. The summed E-state index contributed by atoms with van der Waals surface area (Å²) in [6, 6.07) is 0. The van der Waals surface area contributed by atoms with Crippen LogP contribution < -0.4 is 22.5 Å². The summed E-state index contributed by atoms with van der Waals surface area (Å²) in [7, 11) is -2.28. The molecule has 0 aliphatic heterocycles. The van der Waals surface area contributed by atoms with Gasteiger partial charge in [-0.2, -0.15) is 4.86 Å². The molecule has 0 aliphatic rings. The van der Waals surface area contributed by atoms with Crippen molar-refractivity contribution in [1.29, 1.82) is 0 Å². The third-order valence-corrected chi connectivity index (χ3v) is 1.93. The predicted molar refractivity (Wildman–Crippen MR) is 75.8 cm³/mol. The van der Waals surface area contributed by atoms with Crippen molar-refractivity contribution >= 4 is 7.32 Å². The van der Waals surface area contributed by atoms with E-state index < -0.39 is 7.32 Å². The number of halogens is 1. The summed E-state index contributed by atoms with van der Waals surface area (Å²) in [6.45, 7) is 6.26. The third kappa shape index (κ3) is 46.4. The van der Waals surface area contributed by atoms with Crippen LogP contribution in [0.4, 0.5) is 4.53 Å². The Morgan fingerprint density at radius 1 is 0.947 bits per heavy atom. The lowest BCUT2D eigenvalue weighted by atomic mass is 10.3. The van der Waals surface area contributed by atoms with Gasteiger partial charge in [0.1, 0.15) is 0 Å². The summed E-state index contributed by atoms with van der Waals surface area (Å²) in [4.78, 5) is 2.36. The summed E-state index contributed by atoms with van der Waals surface area (Å²) >= 11 is 0. The number of nitrogens with two attached hydrogens (primary N) is 2. The van der Waals surface area contributed by atoms with Crippen LogP contribution >= 0.6 is 0 Å². The topological polar surface area (TPSA) is 126 Å². The van der Waals surface area contributed by atoms with Gasteiger partial charge in [-0.05, 0) is 12.8 Å². The molecule has 0 aromatic heterocycles. The molecule has 9 heteroatoms. The molecule has 0 radical (unpaired) electrons. The van der Waals surface area contributed by atoms with Crippen molar-refractivity contribution in [2.45, 2.75) is 52.4 Å². The maximum Gasteiger partial charge on any atom is 0.667 e. The maximum absolute atomic E-state index is 10.1. The highest BCUT2D eigenvalue weighted by atomic mass is 19.3. The van der Waals surface area contributed by atoms with Gasteiger partial charge in [-0.15, -0.1) is 0 Å². The largest absolute Gasteiger partial charge is 0.667 e. The average molecular weight is 284 g/mol. The second kappa shape index (κ2) is 26.3. The number of unbranched alkanes of at least 4 members (excludes halogenated alkanes) is 4. The van der Waals surface area contributed by atoms with E-state index in [1.165, 1.54) is 38.5 Å². The normalized spacial score (nSPS) is 9.00. The summed E-state index contributed by atoms with van der Waals surface area (Å²) in [5, 5.41) is 14.6. The van der Waals surface area contributed by atoms with Crippen LogP contribution in [0, 0.1) is 0 Å². The molecule has 0 rings (SSSR count). The van der Waals surface area contributed by atoms with E-state index >= 15 is 0 Å². The van der Waals surface area contributed by atoms with Crippen molar-refractivity contribution in [1.82, 2.24) is 10.9 Å². The summed E-state index contributed by atoms with van der Waals surface area (Å²) in [5.41, 5.74) is 5.20. The smallest absolute Gasteiger partial charge is 0.400 e. The molecule has 0 spiro atoms.